The molecule has 0 N–H and O–H groups in total. The normalized spacial score (nSPS) is 21.0. The van der Waals surface area contributed by atoms with E-state index in [9.17, 15) is 9.59 Å². The Labute approximate surface area is 139 Å². The van der Waals surface area contributed by atoms with E-state index in [2.05, 4.69) is 9.59 Å². The van der Waals surface area contributed by atoms with Crippen molar-refractivity contribution in [3.05, 3.63) is 11.1 Å². The number of carbonyl (C=O) groups is 2. The fourth-order valence-corrected chi connectivity index (χ4v) is 3.95. The van der Waals surface area contributed by atoms with Gasteiger partial charge in [0.15, 0.2) is 5.69 Å². The molecule has 1 aromatic rings. The van der Waals surface area contributed by atoms with E-state index >= 15 is 0 Å². The number of ether oxygens (including phenoxy) is 1. The second-order valence-electron chi connectivity index (χ2n) is 6.39. The highest BCUT2D eigenvalue weighted by Gasteiger charge is 2.41. The van der Waals surface area contributed by atoms with Crippen LogP contribution in [0.3, 0.4) is 0 Å². The quantitative estimate of drug-likeness (QED) is 0.820. The molecule has 0 aromatic carbocycles. The third-order valence-electron chi connectivity index (χ3n) is 5.00. The highest BCUT2D eigenvalue weighted by molar-refractivity contribution is 7.03. The van der Waals surface area contributed by atoms with Gasteiger partial charge in [-0.25, -0.2) is 0 Å². The van der Waals surface area contributed by atoms with Crippen molar-refractivity contribution in [3.63, 3.8) is 0 Å². The third-order valence-corrected chi connectivity index (χ3v) is 5.51. The van der Waals surface area contributed by atoms with E-state index in [4.69, 9.17) is 4.74 Å². The zero-order valence-electron chi connectivity index (χ0n) is 13.4. The van der Waals surface area contributed by atoms with Crippen molar-refractivity contribution in [2.75, 3.05) is 39.9 Å². The van der Waals surface area contributed by atoms with Crippen LogP contribution in [0.2, 0.25) is 0 Å². The molecule has 2 aliphatic rings. The number of piperidine rings is 2. The van der Waals surface area contributed by atoms with Crippen molar-refractivity contribution in [2.24, 2.45) is 5.41 Å². The van der Waals surface area contributed by atoms with Crippen molar-refractivity contribution in [1.29, 1.82) is 0 Å². The number of methoxy groups -OCH3 is 1. The molecule has 0 saturated carbocycles. The maximum atomic E-state index is 12.3. The molecule has 23 heavy (non-hydrogen) atoms. The molecule has 8 heteroatoms. The zero-order chi connectivity index (χ0) is 16.3. The Hall–Kier alpha value is -1.54. The van der Waals surface area contributed by atoms with E-state index in [-0.39, 0.29) is 17.2 Å². The molecule has 0 bridgehead atoms. The van der Waals surface area contributed by atoms with Crippen molar-refractivity contribution < 1.29 is 14.3 Å². The summed E-state index contributed by atoms with van der Waals surface area (Å²) in [6, 6.07) is 0. The summed E-state index contributed by atoms with van der Waals surface area (Å²) in [4.78, 5) is 28.2. The summed E-state index contributed by atoms with van der Waals surface area (Å²) in [5.74, 6) is 0.191. The van der Waals surface area contributed by atoms with E-state index in [1.807, 2.05) is 9.80 Å². The maximum absolute atomic E-state index is 12.3. The molecule has 2 saturated heterocycles. The van der Waals surface area contributed by atoms with E-state index < -0.39 is 0 Å². The van der Waals surface area contributed by atoms with Gasteiger partial charge >= 0.3 is 0 Å². The lowest BCUT2D eigenvalue weighted by Gasteiger charge is -2.47. The monoisotopic (exact) mass is 338 g/mol. The highest BCUT2D eigenvalue weighted by Crippen LogP contribution is 2.40. The lowest BCUT2D eigenvalue weighted by Crippen LogP contribution is -2.53. The second-order valence-corrected chi connectivity index (χ2v) is 7.00. The van der Waals surface area contributed by atoms with Crippen LogP contribution in [0.5, 0.6) is 0 Å². The number of nitrogens with zero attached hydrogens (tertiary/aromatic N) is 4. The Morgan fingerprint density at radius 1 is 1.39 bits per heavy atom. The summed E-state index contributed by atoms with van der Waals surface area (Å²) in [7, 11) is 1.65. The van der Waals surface area contributed by atoms with Crippen molar-refractivity contribution in [3.8, 4) is 0 Å². The smallest absolute Gasteiger partial charge is 0.275 e. The minimum atomic E-state index is -0.0308. The molecule has 2 amide bonds. The zero-order valence-corrected chi connectivity index (χ0v) is 14.2. The van der Waals surface area contributed by atoms with Gasteiger partial charge in [-0.15, -0.1) is 5.10 Å². The molecule has 2 aliphatic heterocycles. The van der Waals surface area contributed by atoms with Crippen LogP contribution in [0.1, 0.15) is 36.2 Å². The number of aromatic nitrogens is 2. The average Bonchev–Trinajstić information content (AvgIpc) is 3.11. The lowest BCUT2D eigenvalue weighted by molar-refractivity contribution is -0.139. The predicted octanol–water partition coefficient (Wildman–Crippen LogP) is 1.03. The third kappa shape index (κ3) is 3.53. The van der Waals surface area contributed by atoms with Gasteiger partial charge in [0.05, 0.1) is 6.61 Å². The van der Waals surface area contributed by atoms with Gasteiger partial charge in [-0.2, -0.15) is 0 Å². The summed E-state index contributed by atoms with van der Waals surface area (Å²) in [6.07, 6.45) is 3.41. The number of likely N-dealkylation sites (tertiary alicyclic amines) is 2. The number of carbonyl (C=O) groups excluding carboxylic acids is 2. The molecule has 3 rings (SSSR count). The molecule has 126 valence electrons. The van der Waals surface area contributed by atoms with E-state index in [1.54, 1.807) is 12.5 Å². The molecule has 0 atom stereocenters. The summed E-state index contributed by atoms with van der Waals surface area (Å²) in [5.41, 5.74) is 0.588. The van der Waals surface area contributed by atoms with Crippen LogP contribution in [0.15, 0.2) is 5.38 Å². The van der Waals surface area contributed by atoms with Crippen LogP contribution in [0.4, 0.5) is 0 Å². The van der Waals surface area contributed by atoms with Crippen molar-refractivity contribution >= 4 is 23.3 Å². The lowest BCUT2D eigenvalue weighted by atomic mass is 9.72. The van der Waals surface area contributed by atoms with Crippen LogP contribution in [0.25, 0.3) is 0 Å². The first-order chi connectivity index (χ1) is 11.1. The maximum Gasteiger partial charge on any atom is 0.275 e. The fraction of sp³-hybridized carbons (Fsp3) is 0.733. The molecule has 3 heterocycles. The summed E-state index contributed by atoms with van der Waals surface area (Å²) in [6.45, 7) is 3.47. The van der Waals surface area contributed by atoms with Crippen LogP contribution >= 0.6 is 11.5 Å². The molecule has 2 fully saturated rings. The topological polar surface area (TPSA) is 75.6 Å². The highest BCUT2D eigenvalue weighted by atomic mass is 32.1. The first kappa shape index (κ1) is 16.3. The van der Waals surface area contributed by atoms with Gasteiger partial charge < -0.3 is 14.5 Å². The molecular weight excluding hydrogens is 316 g/mol. The number of hydrogen-bond acceptors (Lipinski definition) is 6. The number of rotatable bonds is 4. The first-order valence-electron chi connectivity index (χ1n) is 7.97. The molecule has 7 nitrogen and oxygen atoms in total. The van der Waals surface area contributed by atoms with Crippen molar-refractivity contribution in [1.82, 2.24) is 19.4 Å². The molecule has 1 spiro atoms. The van der Waals surface area contributed by atoms with Crippen LogP contribution in [0, 0.1) is 5.41 Å². The Balaban J connectivity index is 1.59. The summed E-state index contributed by atoms with van der Waals surface area (Å²) < 4.78 is 8.86. The van der Waals surface area contributed by atoms with Gasteiger partial charge in [-0.05, 0) is 36.2 Å². The molecule has 1 aromatic heterocycles. The van der Waals surface area contributed by atoms with Gasteiger partial charge in [-0.1, -0.05) is 4.49 Å². The Kier molecular flexibility index (Phi) is 4.91. The van der Waals surface area contributed by atoms with Gasteiger partial charge in [0.25, 0.3) is 5.91 Å². The van der Waals surface area contributed by atoms with E-state index in [0.717, 1.165) is 38.9 Å². The first-order valence-corrected chi connectivity index (χ1v) is 8.80. The van der Waals surface area contributed by atoms with Crippen molar-refractivity contribution in [2.45, 2.75) is 25.7 Å². The van der Waals surface area contributed by atoms with E-state index in [0.29, 0.717) is 25.3 Å². The van der Waals surface area contributed by atoms with Gasteiger partial charge in [0, 0.05) is 45.1 Å². The van der Waals surface area contributed by atoms with Gasteiger partial charge in [0.2, 0.25) is 5.91 Å². The molecule has 0 radical (unpaired) electrons. The van der Waals surface area contributed by atoms with Crippen LogP contribution in [-0.2, 0) is 9.53 Å². The molecule has 0 aliphatic carbocycles. The van der Waals surface area contributed by atoms with Crippen LogP contribution < -0.4 is 0 Å². The summed E-state index contributed by atoms with van der Waals surface area (Å²) >= 11 is 1.20. The molecular formula is C15H22N4O3S. The second kappa shape index (κ2) is 6.92. The van der Waals surface area contributed by atoms with Crippen LogP contribution in [-0.4, -0.2) is 71.1 Å². The Morgan fingerprint density at radius 2 is 2.17 bits per heavy atom. The SMILES string of the molecule is COCCN1CC2(CCC1=O)CCN(C(=O)c1csnn1)CC2. The van der Waals surface area contributed by atoms with Gasteiger partial charge in [-0.3, -0.25) is 9.59 Å². The Morgan fingerprint density at radius 3 is 2.83 bits per heavy atom. The fourth-order valence-electron chi connectivity index (χ4n) is 3.52. The largest absolute Gasteiger partial charge is 0.383 e. The summed E-state index contributed by atoms with van der Waals surface area (Å²) in [5, 5.41) is 5.55. The number of amides is 2. The minimum Gasteiger partial charge on any atom is -0.383 e. The predicted molar refractivity (Wildman–Crippen MR) is 85.2 cm³/mol. The Bertz CT molecular complexity index is 555. The minimum absolute atomic E-state index is 0.0308. The number of hydrogen-bond donors (Lipinski definition) is 0. The van der Waals surface area contributed by atoms with Gasteiger partial charge in [0.1, 0.15) is 0 Å². The van der Waals surface area contributed by atoms with E-state index in [1.165, 1.54) is 11.5 Å². The standard InChI is InChI=1S/C15H22N4O3S/c1-22-9-8-19-11-15(3-2-13(19)20)4-6-18(7-5-15)14(21)12-10-23-17-16-12/h10H,2-9,11H2,1H3. The molecule has 0 unspecified atom stereocenters. The average molecular weight is 338 g/mol.